The molecule has 0 atom stereocenters. The minimum Gasteiger partial charge on any atom is -0.497 e. The molecule has 6 nitrogen and oxygen atoms in total. The van der Waals surface area contributed by atoms with Crippen LogP contribution in [0.1, 0.15) is 43.0 Å². The summed E-state index contributed by atoms with van der Waals surface area (Å²) in [7, 11) is 1.58. The third kappa shape index (κ3) is 3.18. The Bertz CT molecular complexity index is 636. The lowest BCUT2D eigenvalue weighted by Crippen LogP contribution is -2.54. The summed E-state index contributed by atoms with van der Waals surface area (Å²) in [5.74, 6) is 1.36. The fraction of sp³-hybridized carbons (Fsp3) is 0.556. The number of nitrogens with one attached hydrogen (secondary N) is 1. The van der Waals surface area contributed by atoms with Gasteiger partial charge in [0.25, 0.3) is 0 Å². The van der Waals surface area contributed by atoms with Gasteiger partial charge in [-0.25, -0.2) is 4.79 Å². The van der Waals surface area contributed by atoms with Crippen LogP contribution in [0.2, 0.25) is 0 Å². The van der Waals surface area contributed by atoms with Crippen molar-refractivity contribution in [2.24, 2.45) is 0 Å². The van der Waals surface area contributed by atoms with Gasteiger partial charge < -0.3 is 19.7 Å². The number of ketones is 1. The molecule has 3 rings (SSSR count). The molecule has 2 aliphatic rings. The average molecular weight is 332 g/mol. The first-order valence-electron chi connectivity index (χ1n) is 8.50. The second-order valence-electron chi connectivity index (χ2n) is 6.47. The van der Waals surface area contributed by atoms with Crippen molar-refractivity contribution in [3.8, 4) is 11.5 Å². The average Bonchev–Trinajstić information content (AvgIpc) is 2.60. The van der Waals surface area contributed by atoms with Crippen LogP contribution >= 0.6 is 0 Å². The zero-order chi connectivity index (χ0) is 17.2. The molecule has 0 saturated carbocycles. The van der Waals surface area contributed by atoms with E-state index in [1.165, 1.54) is 0 Å². The topological polar surface area (TPSA) is 67.9 Å². The van der Waals surface area contributed by atoms with Gasteiger partial charge in [-0.05, 0) is 24.6 Å². The predicted molar refractivity (Wildman–Crippen MR) is 89.8 cm³/mol. The number of likely N-dealkylation sites (tertiary alicyclic amines) is 1. The number of Topliss-reactive ketones (excluding diaryl/α,β-unsaturated/α-hetero) is 1. The number of carbonyl (C=O) groups excluding carboxylic acids is 2. The second-order valence-corrected chi connectivity index (χ2v) is 6.47. The zero-order valence-electron chi connectivity index (χ0n) is 14.3. The number of urea groups is 1. The third-order valence-corrected chi connectivity index (χ3v) is 4.78. The van der Waals surface area contributed by atoms with E-state index in [9.17, 15) is 9.59 Å². The number of fused-ring (bicyclic) bond motifs is 1. The molecule has 2 amide bonds. The van der Waals surface area contributed by atoms with Gasteiger partial charge in [0.05, 0.1) is 19.1 Å². The largest absolute Gasteiger partial charge is 0.497 e. The Hall–Kier alpha value is -2.24. The number of nitrogens with zero attached hydrogens (tertiary/aromatic N) is 1. The lowest BCUT2D eigenvalue weighted by molar-refractivity contribution is -0.000720. The molecule has 6 heteroatoms. The Kier molecular flexibility index (Phi) is 4.64. The Labute approximate surface area is 142 Å². The number of rotatable bonds is 3. The van der Waals surface area contributed by atoms with Crippen molar-refractivity contribution < 1.29 is 19.1 Å². The highest BCUT2D eigenvalue weighted by atomic mass is 16.5. The van der Waals surface area contributed by atoms with Gasteiger partial charge >= 0.3 is 6.03 Å². The highest BCUT2D eigenvalue weighted by molar-refractivity contribution is 6.00. The number of hydrogen-bond acceptors (Lipinski definition) is 4. The first-order valence-corrected chi connectivity index (χ1v) is 8.50. The molecule has 0 radical (unpaired) electrons. The Morgan fingerprint density at radius 2 is 2.12 bits per heavy atom. The number of benzene rings is 1. The van der Waals surface area contributed by atoms with E-state index < -0.39 is 5.60 Å². The van der Waals surface area contributed by atoms with E-state index in [2.05, 4.69) is 5.32 Å². The van der Waals surface area contributed by atoms with Crippen LogP contribution in [0, 0.1) is 0 Å². The summed E-state index contributed by atoms with van der Waals surface area (Å²) in [6.07, 6.45) is 2.62. The van der Waals surface area contributed by atoms with Crippen molar-refractivity contribution in [2.45, 2.75) is 38.2 Å². The molecule has 130 valence electrons. The van der Waals surface area contributed by atoms with Gasteiger partial charge in [-0.3, -0.25) is 4.79 Å². The lowest BCUT2D eigenvalue weighted by atomic mass is 9.82. The van der Waals surface area contributed by atoms with Crippen molar-refractivity contribution >= 4 is 11.8 Å². The van der Waals surface area contributed by atoms with Crippen molar-refractivity contribution in [3.63, 3.8) is 0 Å². The minimum absolute atomic E-state index is 0.0287. The molecule has 0 aliphatic carbocycles. The fourth-order valence-corrected chi connectivity index (χ4v) is 3.34. The van der Waals surface area contributed by atoms with E-state index >= 15 is 0 Å². The summed E-state index contributed by atoms with van der Waals surface area (Å²) < 4.78 is 11.4. The van der Waals surface area contributed by atoms with Gasteiger partial charge in [0.15, 0.2) is 5.78 Å². The number of methoxy groups -OCH3 is 1. The molecule has 2 heterocycles. The first-order chi connectivity index (χ1) is 11.6. The molecule has 1 spiro atoms. The highest BCUT2D eigenvalue weighted by Crippen LogP contribution is 2.40. The van der Waals surface area contributed by atoms with E-state index in [0.29, 0.717) is 56.0 Å². The smallest absolute Gasteiger partial charge is 0.317 e. The van der Waals surface area contributed by atoms with Crippen molar-refractivity contribution in [1.82, 2.24) is 10.2 Å². The predicted octanol–water partition coefficient (Wildman–Crippen LogP) is 2.61. The summed E-state index contributed by atoms with van der Waals surface area (Å²) in [5.41, 5.74) is 0.100. The number of amides is 2. The van der Waals surface area contributed by atoms with Crippen LogP contribution in [0.4, 0.5) is 4.79 Å². The summed E-state index contributed by atoms with van der Waals surface area (Å²) in [4.78, 5) is 26.4. The molecular formula is C18H24N2O4. The SMILES string of the molecule is CCCNC(=O)N1CCC2(CC1)CC(=O)c1cc(OC)ccc1O2. The molecule has 1 aromatic rings. The molecule has 2 aliphatic heterocycles. The minimum atomic E-state index is -0.486. The van der Waals surface area contributed by atoms with Crippen LogP contribution in [0.25, 0.3) is 0 Å². The van der Waals surface area contributed by atoms with Gasteiger partial charge in [-0.1, -0.05) is 6.92 Å². The number of carbonyl (C=O) groups is 2. The van der Waals surface area contributed by atoms with E-state index in [1.54, 1.807) is 30.2 Å². The molecule has 0 unspecified atom stereocenters. The van der Waals surface area contributed by atoms with Crippen LogP contribution < -0.4 is 14.8 Å². The zero-order valence-corrected chi connectivity index (χ0v) is 14.3. The van der Waals surface area contributed by atoms with Crippen LogP contribution in [0.15, 0.2) is 18.2 Å². The summed E-state index contributed by atoms with van der Waals surface area (Å²) >= 11 is 0. The maximum atomic E-state index is 12.6. The first kappa shape index (κ1) is 16.6. The third-order valence-electron chi connectivity index (χ3n) is 4.78. The molecule has 0 bridgehead atoms. The molecule has 1 saturated heterocycles. The summed E-state index contributed by atoms with van der Waals surface area (Å²) in [6.45, 7) is 3.92. The van der Waals surface area contributed by atoms with Gasteiger partial charge in [-0.2, -0.15) is 0 Å². The number of piperidine rings is 1. The molecular weight excluding hydrogens is 308 g/mol. The van der Waals surface area contributed by atoms with E-state index in [4.69, 9.17) is 9.47 Å². The normalized spacial score (nSPS) is 18.8. The van der Waals surface area contributed by atoms with Crippen LogP contribution in [0.5, 0.6) is 11.5 Å². The summed E-state index contributed by atoms with van der Waals surface area (Å²) in [5, 5.41) is 2.90. The molecule has 1 N–H and O–H groups in total. The molecule has 24 heavy (non-hydrogen) atoms. The Morgan fingerprint density at radius 1 is 1.38 bits per heavy atom. The highest BCUT2D eigenvalue weighted by Gasteiger charge is 2.43. The van der Waals surface area contributed by atoms with Crippen molar-refractivity contribution in [1.29, 1.82) is 0 Å². The van der Waals surface area contributed by atoms with Gasteiger partial charge in [0, 0.05) is 32.5 Å². The van der Waals surface area contributed by atoms with E-state index in [1.807, 2.05) is 6.92 Å². The fourth-order valence-electron chi connectivity index (χ4n) is 3.34. The number of hydrogen-bond donors (Lipinski definition) is 1. The van der Waals surface area contributed by atoms with Crippen LogP contribution in [0.3, 0.4) is 0 Å². The van der Waals surface area contributed by atoms with Gasteiger partial charge in [0.1, 0.15) is 17.1 Å². The quantitative estimate of drug-likeness (QED) is 0.924. The van der Waals surface area contributed by atoms with Gasteiger partial charge in [-0.15, -0.1) is 0 Å². The standard InChI is InChI=1S/C18H24N2O4/c1-3-8-19-17(22)20-9-6-18(7-10-20)12-15(21)14-11-13(23-2)4-5-16(14)24-18/h4-5,11H,3,6-10,12H2,1-2H3,(H,19,22). The second kappa shape index (κ2) is 6.71. The molecule has 1 aromatic carbocycles. The van der Waals surface area contributed by atoms with Crippen LogP contribution in [-0.2, 0) is 0 Å². The molecule has 0 aromatic heterocycles. The maximum absolute atomic E-state index is 12.6. The van der Waals surface area contributed by atoms with Crippen molar-refractivity contribution in [3.05, 3.63) is 23.8 Å². The lowest BCUT2D eigenvalue weighted by Gasteiger charge is -2.43. The Balaban J connectivity index is 1.68. The Morgan fingerprint density at radius 3 is 2.79 bits per heavy atom. The van der Waals surface area contributed by atoms with Gasteiger partial charge in [0.2, 0.25) is 0 Å². The van der Waals surface area contributed by atoms with E-state index in [0.717, 1.165) is 6.42 Å². The van der Waals surface area contributed by atoms with Crippen LogP contribution in [-0.4, -0.2) is 49.1 Å². The monoisotopic (exact) mass is 332 g/mol. The van der Waals surface area contributed by atoms with E-state index in [-0.39, 0.29) is 11.8 Å². The maximum Gasteiger partial charge on any atom is 0.317 e. The molecule has 1 fully saturated rings. The van der Waals surface area contributed by atoms with Crippen molar-refractivity contribution in [2.75, 3.05) is 26.7 Å². The summed E-state index contributed by atoms with van der Waals surface area (Å²) in [6, 6.07) is 5.31. The number of ether oxygens (including phenoxy) is 2.